The average Bonchev–Trinajstić information content (AvgIpc) is 3.97. The Balaban J connectivity index is 1.12. The largest absolute Gasteiger partial charge is 0.435 e. The molecule has 300 valence electrons. The van der Waals surface area contributed by atoms with Crippen LogP contribution >= 0.6 is 0 Å². The molecule has 7 aromatic carbocycles. The molecule has 0 bridgehead atoms. The van der Waals surface area contributed by atoms with Crippen LogP contribution < -0.4 is 54.6 Å². The summed E-state index contributed by atoms with van der Waals surface area (Å²) in [6.45, 7) is 4.62. The third kappa shape index (κ3) is 6.01. The molecule has 0 fully saturated rings. The van der Waals surface area contributed by atoms with Crippen molar-refractivity contribution in [3.63, 3.8) is 0 Å². The molecule has 10 aromatic rings. The molecule has 1 aliphatic rings. The van der Waals surface area contributed by atoms with Crippen molar-refractivity contribution in [1.82, 2.24) is 24.5 Å². The number of benzene rings is 7. The molecule has 0 saturated heterocycles. The Bertz CT molecular complexity index is 3570. The van der Waals surface area contributed by atoms with Crippen LogP contribution in [-0.2, 0) is 5.41 Å². The fourth-order valence-corrected chi connectivity index (χ4v) is 10.8. The summed E-state index contributed by atoms with van der Waals surface area (Å²) in [7, 11) is 22.1. The summed E-state index contributed by atoms with van der Waals surface area (Å²) in [6, 6.07) is 36.9. The topological polar surface area (TPSA) is 69.6 Å². The first-order valence-electron chi connectivity index (χ1n) is 22.7. The zero-order valence-electron chi connectivity index (χ0n) is 39.5. The van der Waals surface area contributed by atoms with E-state index in [1.54, 1.807) is 0 Å². The Morgan fingerprint density at radius 1 is 0.446 bits per heavy atom. The van der Waals surface area contributed by atoms with Crippen molar-refractivity contribution in [2.75, 3.05) is 0 Å². The first-order chi connectivity index (χ1) is 31.1. The molecule has 0 aliphatic heterocycles. The number of hydrogen-bond donors (Lipinski definition) is 0. The fraction of sp³-hybridized carbons (Fsp3) is 0.0612. The molecule has 6 nitrogen and oxygen atoms in total. The van der Waals surface area contributed by atoms with Gasteiger partial charge in [-0.3, -0.25) is 4.57 Å². The highest BCUT2D eigenvalue weighted by atomic mass is 16.3. The van der Waals surface area contributed by atoms with Crippen LogP contribution in [0.15, 0.2) is 108 Å². The molecule has 16 heteroatoms. The lowest BCUT2D eigenvalue weighted by Crippen LogP contribution is -2.55. The number of hydrogen-bond acceptors (Lipinski definition) is 5. The molecule has 1 aliphatic carbocycles. The summed E-state index contributed by atoms with van der Waals surface area (Å²) >= 11 is 0. The Morgan fingerprint density at radius 3 is 1.60 bits per heavy atom. The summed E-state index contributed by atoms with van der Waals surface area (Å²) in [5, 5.41) is 2.28. The molecular formula is C49H43B10N5O. The number of aromatic nitrogens is 5. The van der Waals surface area contributed by atoms with Crippen molar-refractivity contribution in [2.45, 2.75) is 19.3 Å². The third-order valence-corrected chi connectivity index (χ3v) is 15.5. The van der Waals surface area contributed by atoms with Crippen molar-refractivity contribution in [3.8, 4) is 62.4 Å². The van der Waals surface area contributed by atoms with Crippen LogP contribution in [0.1, 0.15) is 25.0 Å². The molecule has 0 unspecified atom stereocenters. The van der Waals surface area contributed by atoms with E-state index in [0.29, 0.717) is 23.5 Å². The zero-order valence-corrected chi connectivity index (χ0v) is 39.5. The maximum Gasteiger partial charge on any atom is 0.238 e. The van der Waals surface area contributed by atoms with E-state index < -0.39 is 0 Å². The highest BCUT2D eigenvalue weighted by Crippen LogP contribution is 2.52. The SMILES string of the molecule is Bc1c(B)c(B)c(-c2nc(-c3c(B)c(B)c(B)c(B)c3B)nc(-n3c4ccccc4c4cc(-c5ccc6c(c5)-c5c(ccc7nc(-c8ccccc8)oc57)C6(C)C)ccc43)n2)c(B)c1B. The molecule has 0 spiro atoms. The lowest BCUT2D eigenvalue weighted by molar-refractivity contribution is 0.618. The first kappa shape index (κ1) is 41.2. The second-order valence-corrected chi connectivity index (χ2v) is 19.0. The van der Waals surface area contributed by atoms with Crippen LogP contribution in [-0.4, -0.2) is 103 Å². The van der Waals surface area contributed by atoms with E-state index in [0.717, 1.165) is 66.3 Å². The zero-order chi connectivity index (χ0) is 45.4. The van der Waals surface area contributed by atoms with Crippen LogP contribution in [0.2, 0.25) is 0 Å². The van der Waals surface area contributed by atoms with Crippen molar-refractivity contribution in [2.24, 2.45) is 0 Å². The number of nitrogens with zero attached hydrogens (tertiary/aromatic N) is 5. The Morgan fingerprint density at radius 2 is 0.969 bits per heavy atom. The second kappa shape index (κ2) is 14.7. The van der Waals surface area contributed by atoms with E-state index in [2.05, 4.69) is 170 Å². The predicted molar refractivity (Wildman–Crippen MR) is 303 cm³/mol. The standard InChI is InChI=1S/C49H43B10N5O/c1-49(2)26-14-12-21(19-25(26)31-27(49)15-16-28-44(31)65-47(60-28)20-8-4-3-5-9-20)22-13-17-30-24(18-22)23-10-6-7-11-29(23)64(30)48-62-45(32-34(50)38(54)42(58)39(55)35(32)51)61-46(63-48)33-36(52)40(56)43(59)41(57)37(33)53/h3-19H,50-59H2,1-2H3. The van der Waals surface area contributed by atoms with Crippen LogP contribution in [0, 0.1) is 0 Å². The van der Waals surface area contributed by atoms with Crippen molar-refractivity contribution >= 4 is 166 Å². The van der Waals surface area contributed by atoms with E-state index in [1.165, 1.54) is 71.3 Å². The normalized spacial score (nSPS) is 12.9. The van der Waals surface area contributed by atoms with Gasteiger partial charge in [-0.25, -0.2) is 9.97 Å². The number of oxazole rings is 1. The van der Waals surface area contributed by atoms with Gasteiger partial charge in [0.2, 0.25) is 11.8 Å². The summed E-state index contributed by atoms with van der Waals surface area (Å²) in [6.07, 6.45) is 0. The summed E-state index contributed by atoms with van der Waals surface area (Å²) < 4.78 is 8.89. The number of para-hydroxylation sites is 1. The average molecular weight is 826 g/mol. The third-order valence-electron chi connectivity index (χ3n) is 15.5. The van der Waals surface area contributed by atoms with Crippen LogP contribution in [0.3, 0.4) is 0 Å². The molecule has 65 heavy (non-hydrogen) atoms. The first-order valence-corrected chi connectivity index (χ1v) is 22.7. The van der Waals surface area contributed by atoms with Gasteiger partial charge in [0, 0.05) is 38.4 Å². The molecule has 3 aromatic heterocycles. The summed E-state index contributed by atoms with van der Waals surface area (Å²) in [5.74, 6) is 2.64. The van der Waals surface area contributed by atoms with Crippen LogP contribution in [0.25, 0.3) is 95.3 Å². The molecule has 0 radical (unpaired) electrons. The lowest BCUT2D eigenvalue weighted by Gasteiger charge is -2.22. The Hall–Kier alpha value is -6.53. The molecule has 0 N–H and O–H groups in total. The van der Waals surface area contributed by atoms with E-state index >= 15 is 0 Å². The predicted octanol–water partition coefficient (Wildman–Crippen LogP) is -5.33. The highest BCUT2D eigenvalue weighted by Gasteiger charge is 2.38. The minimum Gasteiger partial charge on any atom is -0.435 e. The Labute approximate surface area is 389 Å². The smallest absolute Gasteiger partial charge is 0.238 e. The highest BCUT2D eigenvalue weighted by molar-refractivity contribution is 6.70. The van der Waals surface area contributed by atoms with E-state index in [4.69, 9.17) is 24.4 Å². The summed E-state index contributed by atoms with van der Waals surface area (Å²) in [4.78, 5) is 21.3. The van der Waals surface area contributed by atoms with Gasteiger partial charge in [0.05, 0.1) is 11.0 Å². The minimum atomic E-state index is -0.198. The van der Waals surface area contributed by atoms with Gasteiger partial charge in [0.25, 0.3) is 0 Å². The monoisotopic (exact) mass is 827 g/mol. The molecule has 3 heterocycles. The van der Waals surface area contributed by atoms with Crippen molar-refractivity contribution in [1.29, 1.82) is 0 Å². The minimum absolute atomic E-state index is 0.198. The van der Waals surface area contributed by atoms with E-state index in [9.17, 15) is 0 Å². The molecule has 0 amide bonds. The van der Waals surface area contributed by atoms with Crippen molar-refractivity contribution < 1.29 is 4.42 Å². The van der Waals surface area contributed by atoms with Gasteiger partial charge in [-0.05, 0) is 70.3 Å². The van der Waals surface area contributed by atoms with Crippen LogP contribution in [0.5, 0.6) is 0 Å². The van der Waals surface area contributed by atoms with Gasteiger partial charge in [-0.2, -0.15) is 9.97 Å². The fourth-order valence-electron chi connectivity index (χ4n) is 10.8. The van der Waals surface area contributed by atoms with E-state index in [-0.39, 0.29) is 5.41 Å². The lowest BCUT2D eigenvalue weighted by atomic mass is 9.60. The molecule has 0 atom stereocenters. The quantitative estimate of drug-likeness (QED) is 0.163. The van der Waals surface area contributed by atoms with Gasteiger partial charge in [-0.1, -0.05) is 96.4 Å². The molecular weight excluding hydrogens is 783 g/mol. The number of rotatable bonds is 5. The van der Waals surface area contributed by atoms with Crippen molar-refractivity contribution in [3.05, 3.63) is 114 Å². The second-order valence-electron chi connectivity index (χ2n) is 19.0. The van der Waals surface area contributed by atoms with Gasteiger partial charge < -0.3 is 4.42 Å². The maximum absolute atomic E-state index is 6.65. The van der Waals surface area contributed by atoms with Gasteiger partial charge in [0.15, 0.2) is 17.2 Å². The van der Waals surface area contributed by atoms with E-state index in [1.807, 2.05) is 30.3 Å². The van der Waals surface area contributed by atoms with Crippen LogP contribution in [0.4, 0.5) is 0 Å². The molecule has 11 rings (SSSR count). The van der Waals surface area contributed by atoms with Gasteiger partial charge in [0.1, 0.15) is 84.0 Å². The molecule has 0 saturated carbocycles. The Kier molecular flexibility index (Phi) is 9.35. The van der Waals surface area contributed by atoms with Gasteiger partial charge >= 0.3 is 0 Å². The maximum atomic E-state index is 6.65. The number of fused-ring (bicyclic) bond motifs is 8. The summed E-state index contributed by atoms with van der Waals surface area (Å²) in [5.41, 5.74) is 26.4. The van der Waals surface area contributed by atoms with Gasteiger partial charge in [-0.15, -0.1) is 32.8 Å².